The second kappa shape index (κ2) is 8.11. The number of halogens is 3. The lowest BCUT2D eigenvalue weighted by Crippen LogP contribution is -2.03. The summed E-state index contributed by atoms with van der Waals surface area (Å²) in [5, 5.41) is 4.35. The molecule has 2 aromatic carbocycles. The molecule has 0 saturated heterocycles. The van der Waals surface area contributed by atoms with E-state index in [9.17, 15) is 18.0 Å². The summed E-state index contributed by atoms with van der Waals surface area (Å²) >= 11 is 3.09. The van der Waals surface area contributed by atoms with Crippen LogP contribution >= 0.6 is 23.1 Å². The van der Waals surface area contributed by atoms with Crippen LogP contribution in [0, 0.1) is 6.92 Å². The second-order valence-corrected chi connectivity index (χ2v) is 8.49. The van der Waals surface area contributed by atoms with Gasteiger partial charge in [-0.05, 0) is 31.2 Å². The summed E-state index contributed by atoms with van der Waals surface area (Å²) < 4.78 is 42.7. The lowest BCUT2D eigenvalue weighted by Gasteiger charge is -2.06. The van der Waals surface area contributed by atoms with Crippen molar-refractivity contribution in [3.05, 3.63) is 75.2 Å². The Morgan fingerprint density at radius 2 is 1.73 bits per heavy atom. The molecule has 2 heterocycles. The fourth-order valence-electron chi connectivity index (χ4n) is 2.70. The van der Waals surface area contributed by atoms with Gasteiger partial charge in [0.25, 0.3) is 0 Å². The fourth-order valence-corrected chi connectivity index (χ4v) is 4.81. The highest BCUT2D eigenvalue weighted by Crippen LogP contribution is 2.35. The van der Waals surface area contributed by atoms with Crippen LogP contribution in [0.5, 0.6) is 0 Å². The maximum absolute atomic E-state index is 12.7. The molecule has 0 fully saturated rings. The van der Waals surface area contributed by atoms with Crippen LogP contribution in [0.2, 0.25) is 0 Å². The molecule has 0 aliphatic heterocycles. The molecular weight excluding hydrogens is 435 g/mol. The number of aromatic nitrogens is 3. The molecule has 0 radical (unpaired) electrons. The molecule has 0 aliphatic carbocycles. The third-order valence-corrected chi connectivity index (χ3v) is 6.72. The first-order valence-electron chi connectivity index (χ1n) is 8.73. The Morgan fingerprint density at radius 1 is 1.07 bits per heavy atom. The van der Waals surface area contributed by atoms with Gasteiger partial charge in [-0.15, -0.1) is 23.1 Å². The molecule has 154 valence electrons. The predicted octanol–water partition coefficient (Wildman–Crippen LogP) is 5.77. The van der Waals surface area contributed by atoms with Gasteiger partial charge in [0, 0.05) is 26.7 Å². The van der Waals surface area contributed by atoms with Crippen molar-refractivity contribution in [1.82, 2.24) is 15.1 Å². The Bertz CT molecular complexity index is 1210. The summed E-state index contributed by atoms with van der Waals surface area (Å²) in [4.78, 5) is 20.1. The van der Waals surface area contributed by atoms with Crippen molar-refractivity contribution in [2.45, 2.75) is 23.7 Å². The second-order valence-electron chi connectivity index (χ2n) is 6.36. The van der Waals surface area contributed by atoms with Crippen LogP contribution in [0.1, 0.15) is 16.1 Å². The lowest BCUT2D eigenvalue weighted by atomic mass is 10.1. The van der Waals surface area contributed by atoms with Gasteiger partial charge in [-0.1, -0.05) is 29.4 Å². The van der Waals surface area contributed by atoms with Crippen LogP contribution in [0.25, 0.3) is 22.0 Å². The predicted molar refractivity (Wildman–Crippen MR) is 109 cm³/mol. The number of aryl methyl sites for hydroxylation is 1. The van der Waals surface area contributed by atoms with Gasteiger partial charge in [0.2, 0.25) is 0 Å². The third kappa shape index (κ3) is 4.49. The Balaban J connectivity index is 1.44. The van der Waals surface area contributed by atoms with Gasteiger partial charge in [0.05, 0.1) is 11.3 Å². The van der Waals surface area contributed by atoms with Crippen molar-refractivity contribution >= 4 is 23.1 Å². The first-order valence-corrected chi connectivity index (χ1v) is 10.5. The smallest absolute Gasteiger partial charge is 0.296 e. The number of aromatic amines is 1. The molecular formula is C20H14F3N3O2S2. The van der Waals surface area contributed by atoms with E-state index < -0.39 is 17.5 Å². The molecule has 4 rings (SSSR count). The molecule has 5 nitrogen and oxygen atoms in total. The average molecular weight is 449 g/mol. The molecule has 0 spiro atoms. The first-order chi connectivity index (χ1) is 14.3. The van der Waals surface area contributed by atoms with E-state index in [2.05, 4.69) is 19.6 Å². The Hall–Kier alpha value is -2.85. The van der Waals surface area contributed by atoms with Crippen molar-refractivity contribution < 1.29 is 17.7 Å². The number of thiazole rings is 1. The van der Waals surface area contributed by atoms with Gasteiger partial charge in [-0.25, -0.2) is 9.78 Å². The Kier molecular flexibility index (Phi) is 5.52. The molecule has 30 heavy (non-hydrogen) atoms. The largest absolute Gasteiger partial charge is 0.439 e. The van der Waals surface area contributed by atoms with Crippen LogP contribution in [-0.2, 0) is 11.9 Å². The SMILES string of the molecule is Cc1nc(-c2ccc(C(F)(F)F)cc2)sc1CSc1ccc(-c2noc(=O)[nH]2)cc1. The van der Waals surface area contributed by atoms with Crippen molar-refractivity contribution in [3.63, 3.8) is 0 Å². The highest BCUT2D eigenvalue weighted by Gasteiger charge is 2.30. The molecule has 0 amide bonds. The maximum Gasteiger partial charge on any atom is 0.439 e. The van der Waals surface area contributed by atoms with Crippen LogP contribution in [0.15, 0.2) is 62.7 Å². The number of alkyl halides is 3. The molecule has 2 aromatic heterocycles. The number of hydrogen-bond donors (Lipinski definition) is 1. The highest BCUT2D eigenvalue weighted by molar-refractivity contribution is 7.98. The minimum atomic E-state index is -4.35. The molecule has 4 aromatic rings. The topological polar surface area (TPSA) is 71.8 Å². The van der Waals surface area contributed by atoms with E-state index in [1.165, 1.54) is 23.5 Å². The minimum absolute atomic E-state index is 0.371. The molecule has 0 atom stereocenters. The number of benzene rings is 2. The fraction of sp³-hybridized carbons (Fsp3) is 0.150. The molecule has 10 heteroatoms. The van der Waals surface area contributed by atoms with E-state index in [0.29, 0.717) is 22.1 Å². The third-order valence-electron chi connectivity index (χ3n) is 4.29. The summed E-state index contributed by atoms with van der Waals surface area (Å²) in [7, 11) is 0. The summed E-state index contributed by atoms with van der Waals surface area (Å²) in [5.74, 6) is 0.452. The molecule has 1 N–H and O–H groups in total. The number of nitrogens with one attached hydrogen (secondary N) is 1. The van der Waals surface area contributed by atoms with E-state index in [1.807, 2.05) is 31.2 Å². The average Bonchev–Trinajstić information content (AvgIpc) is 3.32. The van der Waals surface area contributed by atoms with Gasteiger partial charge in [-0.2, -0.15) is 13.2 Å². The van der Waals surface area contributed by atoms with Gasteiger partial charge < -0.3 is 0 Å². The van der Waals surface area contributed by atoms with E-state index in [4.69, 9.17) is 0 Å². The zero-order valence-electron chi connectivity index (χ0n) is 15.5. The van der Waals surface area contributed by atoms with Crippen LogP contribution in [-0.4, -0.2) is 15.1 Å². The van der Waals surface area contributed by atoms with Crippen molar-refractivity contribution in [2.75, 3.05) is 0 Å². The summed E-state index contributed by atoms with van der Waals surface area (Å²) in [5.41, 5.74) is 1.59. The normalized spacial score (nSPS) is 11.7. The number of rotatable bonds is 5. The molecule has 0 saturated carbocycles. The van der Waals surface area contributed by atoms with Crippen molar-refractivity contribution in [1.29, 1.82) is 0 Å². The molecule has 0 unspecified atom stereocenters. The quantitative estimate of drug-likeness (QED) is 0.392. The monoisotopic (exact) mass is 449 g/mol. The molecule has 0 bridgehead atoms. The van der Waals surface area contributed by atoms with Gasteiger partial charge in [0.15, 0.2) is 5.82 Å². The first kappa shape index (κ1) is 20.4. The number of H-pyrrole nitrogens is 1. The van der Waals surface area contributed by atoms with Crippen molar-refractivity contribution in [2.24, 2.45) is 0 Å². The highest BCUT2D eigenvalue weighted by atomic mass is 32.2. The van der Waals surface area contributed by atoms with Crippen molar-refractivity contribution in [3.8, 4) is 22.0 Å². The number of nitrogens with zero attached hydrogens (tertiary/aromatic N) is 2. The summed E-state index contributed by atoms with van der Waals surface area (Å²) in [6.45, 7) is 1.89. The Labute approximate surface area is 177 Å². The maximum atomic E-state index is 12.7. The van der Waals surface area contributed by atoms with E-state index in [-0.39, 0.29) is 0 Å². The standard InChI is InChI=1S/C20H14F3N3O2S2/c1-11-16(30-18(24-11)13-2-6-14(7-3-13)20(21,22)23)10-29-15-8-4-12(5-9-15)17-25-19(27)28-26-17/h2-9H,10H2,1H3,(H,25,26,27). The zero-order valence-corrected chi connectivity index (χ0v) is 17.1. The van der Waals surface area contributed by atoms with Gasteiger partial charge >= 0.3 is 11.9 Å². The summed E-state index contributed by atoms with van der Waals surface area (Å²) in [6, 6.07) is 12.6. The lowest BCUT2D eigenvalue weighted by molar-refractivity contribution is -0.137. The van der Waals surface area contributed by atoms with E-state index >= 15 is 0 Å². The summed E-state index contributed by atoms with van der Waals surface area (Å²) in [6.07, 6.45) is -4.35. The van der Waals surface area contributed by atoms with Crippen LogP contribution in [0.4, 0.5) is 13.2 Å². The van der Waals surface area contributed by atoms with Gasteiger partial charge in [-0.3, -0.25) is 9.51 Å². The minimum Gasteiger partial charge on any atom is -0.296 e. The number of thioether (sulfide) groups is 1. The van der Waals surface area contributed by atoms with E-state index in [1.54, 1.807) is 11.8 Å². The van der Waals surface area contributed by atoms with Crippen LogP contribution < -0.4 is 5.76 Å². The van der Waals surface area contributed by atoms with Crippen LogP contribution in [0.3, 0.4) is 0 Å². The zero-order chi connectivity index (χ0) is 21.3. The Morgan fingerprint density at radius 3 is 2.33 bits per heavy atom. The number of hydrogen-bond acceptors (Lipinski definition) is 6. The van der Waals surface area contributed by atoms with Gasteiger partial charge in [0.1, 0.15) is 5.01 Å². The van der Waals surface area contributed by atoms with E-state index in [0.717, 1.165) is 33.2 Å². The molecule has 0 aliphatic rings.